The lowest BCUT2D eigenvalue weighted by molar-refractivity contribution is 0.261. The number of rotatable bonds is 8. The molecule has 14 heteroatoms. The summed E-state index contributed by atoms with van der Waals surface area (Å²) < 4.78 is 6.65. The zero-order valence-electron chi connectivity index (χ0n) is 30.7. The topological polar surface area (TPSA) is 136 Å². The number of aromatic nitrogens is 4. The van der Waals surface area contributed by atoms with Crippen LogP contribution in [0.15, 0.2) is 119 Å². The van der Waals surface area contributed by atoms with Gasteiger partial charge in [0.2, 0.25) is 0 Å². The number of carbonyl (C=O) groups excluding carboxylic acids is 2. The Kier molecular flexibility index (Phi) is 12.5. The molecule has 0 saturated carbocycles. The summed E-state index contributed by atoms with van der Waals surface area (Å²) in [4.78, 5) is 50.9. The Labute approximate surface area is 322 Å². The summed E-state index contributed by atoms with van der Waals surface area (Å²) >= 11 is 11.7. The maximum absolute atomic E-state index is 13.0. The standard InChI is InChI=1S/2C20H21ClN4O2/c2*1-13(2)18-17(23-20(27)22-15-11-9-14(21)10-12-15)19(26)25(24(18)3)16-7-5-4-6-8-16/h2*4-13H,1-3H3,(H2,22,23,27). The van der Waals surface area contributed by atoms with E-state index in [2.05, 4.69) is 21.3 Å². The number of para-hydroxylation sites is 2. The van der Waals surface area contributed by atoms with Gasteiger partial charge in [0.25, 0.3) is 11.1 Å². The Hall–Kier alpha value is -5.98. The van der Waals surface area contributed by atoms with Gasteiger partial charge in [0.1, 0.15) is 11.4 Å². The van der Waals surface area contributed by atoms with Crippen LogP contribution in [-0.4, -0.2) is 30.8 Å². The molecule has 6 rings (SSSR count). The number of halogens is 2. The minimum Gasteiger partial charge on any atom is -0.308 e. The molecule has 0 aliphatic rings. The molecule has 12 nitrogen and oxygen atoms in total. The molecule has 0 saturated heterocycles. The summed E-state index contributed by atoms with van der Waals surface area (Å²) in [6, 6.07) is 31.2. The molecule has 0 unspecified atom stereocenters. The van der Waals surface area contributed by atoms with Gasteiger partial charge in [0.15, 0.2) is 0 Å². The highest BCUT2D eigenvalue weighted by molar-refractivity contribution is 6.31. The second kappa shape index (κ2) is 17.2. The molecule has 54 heavy (non-hydrogen) atoms. The number of benzene rings is 4. The predicted octanol–water partition coefficient (Wildman–Crippen LogP) is 9.19. The van der Waals surface area contributed by atoms with Gasteiger partial charge in [-0.25, -0.2) is 19.0 Å². The van der Waals surface area contributed by atoms with E-state index in [1.807, 2.05) is 102 Å². The minimum atomic E-state index is -0.484. The lowest BCUT2D eigenvalue weighted by atomic mass is 10.1. The van der Waals surface area contributed by atoms with Crippen LogP contribution in [0.25, 0.3) is 11.4 Å². The smallest absolute Gasteiger partial charge is 0.308 e. The third-order valence-electron chi connectivity index (χ3n) is 8.40. The zero-order valence-corrected chi connectivity index (χ0v) is 32.2. The van der Waals surface area contributed by atoms with Gasteiger partial charge < -0.3 is 21.3 Å². The van der Waals surface area contributed by atoms with Crippen molar-refractivity contribution in [2.75, 3.05) is 21.3 Å². The number of hydrogen-bond donors (Lipinski definition) is 4. The highest BCUT2D eigenvalue weighted by Gasteiger charge is 2.24. The lowest BCUT2D eigenvalue weighted by Gasteiger charge is -2.13. The molecule has 0 atom stereocenters. The van der Waals surface area contributed by atoms with Crippen LogP contribution >= 0.6 is 23.2 Å². The number of urea groups is 2. The van der Waals surface area contributed by atoms with Crippen molar-refractivity contribution < 1.29 is 9.59 Å². The second-order valence-electron chi connectivity index (χ2n) is 13.0. The van der Waals surface area contributed by atoms with Gasteiger partial charge in [-0.15, -0.1) is 0 Å². The summed E-state index contributed by atoms with van der Waals surface area (Å²) in [6.07, 6.45) is 0. The second-order valence-corrected chi connectivity index (χ2v) is 13.8. The van der Waals surface area contributed by atoms with E-state index in [0.29, 0.717) is 21.4 Å². The van der Waals surface area contributed by atoms with Gasteiger partial charge in [-0.3, -0.25) is 19.0 Å². The average Bonchev–Trinajstić information content (AvgIpc) is 3.53. The zero-order chi connectivity index (χ0) is 39.1. The first kappa shape index (κ1) is 39.2. The largest absolute Gasteiger partial charge is 0.323 e. The first-order chi connectivity index (χ1) is 25.8. The Balaban J connectivity index is 0.000000208. The van der Waals surface area contributed by atoms with Crippen LogP contribution in [0.1, 0.15) is 50.9 Å². The number of hydrogen-bond acceptors (Lipinski definition) is 4. The Morgan fingerprint density at radius 2 is 0.815 bits per heavy atom. The van der Waals surface area contributed by atoms with Gasteiger partial charge >= 0.3 is 12.1 Å². The summed E-state index contributed by atoms with van der Waals surface area (Å²) in [5, 5.41) is 12.0. The maximum atomic E-state index is 13.0. The molecule has 4 N–H and O–H groups in total. The molecule has 0 radical (unpaired) electrons. The van der Waals surface area contributed by atoms with E-state index in [9.17, 15) is 19.2 Å². The molecule has 4 amide bonds. The molecule has 0 bridgehead atoms. The number of nitrogens with one attached hydrogen (secondary N) is 4. The Morgan fingerprint density at radius 1 is 0.500 bits per heavy atom. The van der Waals surface area contributed by atoms with Crippen molar-refractivity contribution in [3.8, 4) is 11.4 Å². The summed E-state index contributed by atoms with van der Waals surface area (Å²) in [7, 11) is 3.62. The Bertz CT molecular complexity index is 2180. The third kappa shape index (κ3) is 8.96. The van der Waals surface area contributed by atoms with E-state index < -0.39 is 12.1 Å². The fourth-order valence-corrected chi connectivity index (χ4v) is 6.39. The van der Waals surface area contributed by atoms with E-state index in [1.165, 1.54) is 0 Å². The molecule has 4 aromatic carbocycles. The van der Waals surface area contributed by atoms with Crippen molar-refractivity contribution in [3.05, 3.63) is 151 Å². The quantitative estimate of drug-likeness (QED) is 0.123. The highest BCUT2D eigenvalue weighted by Crippen LogP contribution is 2.25. The molecule has 0 aliphatic heterocycles. The first-order valence-electron chi connectivity index (χ1n) is 17.2. The minimum absolute atomic E-state index is 0.0403. The van der Waals surface area contributed by atoms with Crippen LogP contribution in [0.5, 0.6) is 0 Å². The van der Waals surface area contributed by atoms with Gasteiger partial charge in [-0.1, -0.05) is 87.3 Å². The average molecular weight is 770 g/mol. The first-order valence-corrected chi connectivity index (χ1v) is 17.9. The van der Waals surface area contributed by atoms with Gasteiger partial charge in [-0.05, 0) is 84.6 Å². The summed E-state index contributed by atoms with van der Waals surface area (Å²) in [5.41, 5.74) is 4.11. The molecular weight excluding hydrogens is 727 g/mol. The van der Waals surface area contributed by atoms with E-state index >= 15 is 0 Å². The third-order valence-corrected chi connectivity index (χ3v) is 8.90. The van der Waals surface area contributed by atoms with Crippen LogP contribution < -0.4 is 32.4 Å². The molecule has 2 aromatic heterocycles. The van der Waals surface area contributed by atoms with Crippen LogP contribution in [0.4, 0.5) is 32.3 Å². The van der Waals surface area contributed by atoms with Crippen LogP contribution in [0, 0.1) is 0 Å². The van der Waals surface area contributed by atoms with Crippen molar-refractivity contribution in [1.82, 2.24) is 18.7 Å². The van der Waals surface area contributed by atoms with E-state index in [0.717, 1.165) is 22.8 Å². The maximum Gasteiger partial charge on any atom is 0.323 e. The van der Waals surface area contributed by atoms with Crippen molar-refractivity contribution >= 4 is 58.0 Å². The van der Waals surface area contributed by atoms with Gasteiger partial charge in [0, 0.05) is 35.5 Å². The van der Waals surface area contributed by atoms with Gasteiger partial charge in [0.05, 0.1) is 22.8 Å². The predicted molar refractivity (Wildman–Crippen MR) is 218 cm³/mol. The molecule has 0 fully saturated rings. The lowest BCUT2D eigenvalue weighted by Crippen LogP contribution is -2.25. The summed E-state index contributed by atoms with van der Waals surface area (Å²) in [5.74, 6) is 0.0805. The van der Waals surface area contributed by atoms with Crippen LogP contribution in [0.3, 0.4) is 0 Å². The van der Waals surface area contributed by atoms with Crippen molar-refractivity contribution in [2.45, 2.75) is 39.5 Å². The van der Waals surface area contributed by atoms with E-state index in [-0.39, 0.29) is 34.3 Å². The molecule has 280 valence electrons. The molecular formula is C40H42Cl2N8O4. The number of amides is 4. The monoisotopic (exact) mass is 768 g/mol. The van der Waals surface area contributed by atoms with Crippen molar-refractivity contribution in [2.24, 2.45) is 14.1 Å². The molecule has 0 spiro atoms. The van der Waals surface area contributed by atoms with Gasteiger partial charge in [-0.2, -0.15) is 0 Å². The number of anilines is 4. The van der Waals surface area contributed by atoms with Crippen molar-refractivity contribution in [3.63, 3.8) is 0 Å². The van der Waals surface area contributed by atoms with Crippen molar-refractivity contribution in [1.29, 1.82) is 0 Å². The highest BCUT2D eigenvalue weighted by atomic mass is 35.5. The fraction of sp³-hybridized carbons (Fsp3) is 0.200. The molecule has 2 heterocycles. The van der Waals surface area contributed by atoms with E-state index in [4.69, 9.17) is 23.2 Å². The number of carbonyl (C=O) groups is 2. The Morgan fingerprint density at radius 3 is 1.11 bits per heavy atom. The number of nitrogens with zero attached hydrogens (tertiary/aromatic N) is 4. The van der Waals surface area contributed by atoms with Crippen LogP contribution in [-0.2, 0) is 14.1 Å². The fourth-order valence-electron chi connectivity index (χ4n) is 6.14. The van der Waals surface area contributed by atoms with E-state index in [1.54, 1.807) is 67.3 Å². The van der Waals surface area contributed by atoms with Crippen LogP contribution in [0.2, 0.25) is 10.0 Å². The SMILES string of the molecule is CC(C)c1c(NC(=O)Nc2ccc(Cl)cc2)c(=O)n(-c2ccccc2)n1C.CC(C)c1c(NC(=O)Nc2ccc(Cl)cc2)c(=O)n(-c2ccccc2)n1C. The molecule has 6 aromatic rings. The summed E-state index contributed by atoms with van der Waals surface area (Å²) in [6.45, 7) is 7.91. The molecule has 0 aliphatic carbocycles. The normalized spacial score (nSPS) is 10.9.